The van der Waals surface area contributed by atoms with Gasteiger partial charge in [-0.25, -0.2) is 4.98 Å². The first-order valence-electron chi connectivity index (χ1n) is 4.04. The molecule has 0 aliphatic heterocycles. The molecule has 0 aromatic carbocycles. The molecule has 0 radical (unpaired) electrons. The Balaban J connectivity index is 2.49. The van der Waals surface area contributed by atoms with Crippen molar-refractivity contribution < 1.29 is 9.53 Å². The normalized spacial score (nSPS) is 9.69. The fourth-order valence-corrected chi connectivity index (χ4v) is 1.53. The third-order valence-electron chi connectivity index (χ3n) is 1.40. The Bertz CT molecular complexity index is 285. The first kappa shape index (κ1) is 9.98. The van der Waals surface area contributed by atoms with Gasteiger partial charge in [0, 0.05) is 12.4 Å². The number of ether oxygens (including phenoxy) is 1. The number of aromatic nitrogens is 1. The molecular formula is C8H12N2O2S. The lowest BCUT2D eigenvalue weighted by atomic mass is 10.3. The van der Waals surface area contributed by atoms with Crippen molar-refractivity contribution in [2.45, 2.75) is 13.3 Å². The van der Waals surface area contributed by atoms with Crippen molar-refractivity contribution in [3.8, 4) is 0 Å². The van der Waals surface area contributed by atoms with Crippen LogP contribution in [0, 0.1) is 0 Å². The van der Waals surface area contributed by atoms with Gasteiger partial charge in [-0.2, -0.15) is 0 Å². The van der Waals surface area contributed by atoms with Crippen LogP contribution in [0.15, 0.2) is 5.38 Å². The number of rotatable bonds is 4. The molecule has 0 saturated heterocycles. The van der Waals surface area contributed by atoms with Gasteiger partial charge in [0.15, 0.2) is 5.13 Å². The molecule has 0 amide bonds. The summed E-state index contributed by atoms with van der Waals surface area (Å²) in [4.78, 5) is 15.2. The molecule has 0 aliphatic carbocycles. The lowest BCUT2D eigenvalue weighted by Crippen LogP contribution is -2.07. The van der Waals surface area contributed by atoms with E-state index in [1.54, 1.807) is 14.0 Å². The summed E-state index contributed by atoms with van der Waals surface area (Å²) in [5.74, 6) is -0.226. The molecule has 1 N–H and O–H groups in total. The average molecular weight is 200 g/mol. The van der Waals surface area contributed by atoms with Gasteiger partial charge in [-0.1, -0.05) is 0 Å². The standard InChI is InChI=1S/C8H12N2O2S/c1-3-12-7(11)4-6-5-13-8(9-2)10-6/h5H,3-4H2,1-2H3,(H,9,10). The molecule has 0 fully saturated rings. The van der Waals surface area contributed by atoms with Gasteiger partial charge in [-0.05, 0) is 6.92 Å². The van der Waals surface area contributed by atoms with Crippen LogP contribution in [-0.2, 0) is 16.0 Å². The van der Waals surface area contributed by atoms with E-state index in [1.165, 1.54) is 11.3 Å². The minimum Gasteiger partial charge on any atom is -0.466 e. The van der Waals surface area contributed by atoms with E-state index in [4.69, 9.17) is 4.74 Å². The van der Waals surface area contributed by atoms with Crippen LogP contribution in [0.5, 0.6) is 0 Å². The van der Waals surface area contributed by atoms with Crippen molar-refractivity contribution >= 4 is 22.4 Å². The van der Waals surface area contributed by atoms with Crippen LogP contribution in [0.2, 0.25) is 0 Å². The number of anilines is 1. The number of hydrogen-bond acceptors (Lipinski definition) is 5. The highest BCUT2D eigenvalue weighted by Gasteiger charge is 2.06. The molecule has 4 nitrogen and oxygen atoms in total. The number of thiazole rings is 1. The summed E-state index contributed by atoms with van der Waals surface area (Å²) in [7, 11) is 1.80. The van der Waals surface area contributed by atoms with Crippen molar-refractivity contribution in [1.82, 2.24) is 4.98 Å². The Morgan fingerprint density at radius 1 is 1.77 bits per heavy atom. The van der Waals surface area contributed by atoms with E-state index in [0.29, 0.717) is 6.61 Å². The first-order valence-corrected chi connectivity index (χ1v) is 4.92. The van der Waals surface area contributed by atoms with Crippen molar-refractivity contribution in [2.75, 3.05) is 19.0 Å². The maximum atomic E-state index is 11.0. The number of esters is 1. The first-order chi connectivity index (χ1) is 6.26. The fourth-order valence-electron chi connectivity index (χ4n) is 0.863. The second-order valence-electron chi connectivity index (χ2n) is 2.38. The van der Waals surface area contributed by atoms with Crippen LogP contribution in [0.3, 0.4) is 0 Å². The summed E-state index contributed by atoms with van der Waals surface area (Å²) in [6.45, 7) is 2.21. The molecular weight excluding hydrogens is 188 g/mol. The second-order valence-corrected chi connectivity index (χ2v) is 3.23. The third-order valence-corrected chi connectivity index (χ3v) is 2.30. The molecule has 0 aliphatic rings. The van der Waals surface area contributed by atoms with Gasteiger partial charge >= 0.3 is 5.97 Å². The van der Waals surface area contributed by atoms with Crippen molar-refractivity contribution in [3.05, 3.63) is 11.1 Å². The van der Waals surface area contributed by atoms with Gasteiger partial charge in [-0.15, -0.1) is 11.3 Å². The van der Waals surface area contributed by atoms with Crippen LogP contribution < -0.4 is 5.32 Å². The highest BCUT2D eigenvalue weighted by molar-refractivity contribution is 7.13. The number of carbonyl (C=O) groups is 1. The Labute approximate surface area is 80.9 Å². The van der Waals surface area contributed by atoms with Gasteiger partial charge in [0.25, 0.3) is 0 Å². The van der Waals surface area contributed by atoms with E-state index in [1.807, 2.05) is 5.38 Å². The minimum absolute atomic E-state index is 0.226. The Morgan fingerprint density at radius 2 is 2.54 bits per heavy atom. The molecule has 1 rings (SSSR count). The number of nitrogens with one attached hydrogen (secondary N) is 1. The molecule has 0 spiro atoms. The van der Waals surface area contributed by atoms with E-state index in [0.717, 1.165) is 10.8 Å². The summed E-state index contributed by atoms with van der Waals surface area (Å²) < 4.78 is 4.79. The molecule has 0 bridgehead atoms. The molecule has 0 saturated carbocycles. The second kappa shape index (κ2) is 4.81. The van der Waals surface area contributed by atoms with E-state index in [-0.39, 0.29) is 12.4 Å². The van der Waals surface area contributed by atoms with Crippen LogP contribution in [0.1, 0.15) is 12.6 Å². The molecule has 1 aromatic heterocycles. The molecule has 5 heteroatoms. The molecule has 1 aromatic rings. The van der Waals surface area contributed by atoms with Crippen LogP contribution in [0.4, 0.5) is 5.13 Å². The average Bonchev–Trinajstić information content (AvgIpc) is 2.52. The minimum atomic E-state index is -0.226. The summed E-state index contributed by atoms with van der Waals surface area (Å²) in [5, 5.41) is 5.58. The molecule has 1 heterocycles. The van der Waals surface area contributed by atoms with Gasteiger partial charge < -0.3 is 10.1 Å². The third kappa shape index (κ3) is 3.02. The lowest BCUT2D eigenvalue weighted by molar-refractivity contribution is -0.142. The van der Waals surface area contributed by atoms with E-state index >= 15 is 0 Å². The van der Waals surface area contributed by atoms with E-state index < -0.39 is 0 Å². The zero-order valence-electron chi connectivity index (χ0n) is 7.66. The monoisotopic (exact) mass is 200 g/mol. The van der Waals surface area contributed by atoms with Gasteiger partial charge in [-0.3, -0.25) is 4.79 Å². The van der Waals surface area contributed by atoms with Gasteiger partial charge in [0.1, 0.15) is 0 Å². The summed E-state index contributed by atoms with van der Waals surface area (Å²) in [5.41, 5.74) is 0.757. The summed E-state index contributed by atoms with van der Waals surface area (Å²) >= 11 is 1.48. The van der Waals surface area contributed by atoms with Crippen LogP contribution in [-0.4, -0.2) is 24.6 Å². The topological polar surface area (TPSA) is 51.2 Å². The fraction of sp³-hybridized carbons (Fsp3) is 0.500. The summed E-state index contributed by atoms with van der Waals surface area (Å²) in [6, 6.07) is 0. The molecule has 13 heavy (non-hydrogen) atoms. The SMILES string of the molecule is CCOC(=O)Cc1csc(NC)n1. The van der Waals surface area contributed by atoms with E-state index in [9.17, 15) is 4.79 Å². The maximum absolute atomic E-state index is 11.0. The highest BCUT2D eigenvalue weighted by atomic mass is 32.1. The predicted molar refractivity (Wildman–Crippen MR) is 52.0 cm³/mol. The van der Waals surface area contributed by atoms with Crippen molar-refractivity contribution in [1.29, 1.82) is 0 Å². The smallest absolute Gasteiger partial charge is 0.311 e. The predicted octanol–water partition coefficient (Wildman–Crippen LogP) is 1.29. The molecule has 0 atom stereocenters. The largest absolute Gasteiger partial charge is 0.466 e. The van der Waals surface area contributed by atoms with Gasteiger partial charge in [0.05, 0.1) is 18.7 Å². The van der Waals surface area contributed by atoms with Crippen LogP contribution >= 0.6 is 11.3 Å². The summed E-state index contributed by atoms with van der Waals surface area (Å²) in [6.07, 6.45) is 0.256. The quantitative estimate of drug-likeness (QED) is 0.744. The van der Waals surface area contributed by atoms with Gasteiger partial charge in [0.2, 0.25) is 0 Å². The number of hydrogen-bond donors (Lipinski definition) is 1. The molecule has 72 valence electrons. The van der Waals surface area contributed by atoms with E-state index in [2.05, 4.69) is 10.3 Å². The molecule has 0 unspecified atom stereocenters. The lowest BCUT2D eigenvalue weighted by Gasteiger charge is -1.97. The Hall–Kier alpha value is -1.10. The highest BCUT2D eigenvalue weighted by Crippen LogP contribution is 2.14. The van der Waals surface area contributed by atoms with Crippen molar-refractivity contribution in [2.24, 2.45) is 0 Å². The number of nitrogens with zero attached hydrogens (tertiary/aromatic N) is 1. The zero-order chi connectivity index (χ0) is 9.68. The Morgan fingerprint density at radius 3 is 3.08 bits per heavy atom. The zero-order valence-corrected chi connectivity index (χ0v) is 8.48. The maximum Gasteiger partial charge on any atom is 0.311 e. The van der Waals surface area contributed by atoms with Crippen molar-refractivity contribution in [3.63, 3.8) is 0 Å². The Kier molecular flexibility index (Phi) is 3.70. The van der Waals surface area contributed by atoms with Crippen LogP contribution in [0.25, 0.3) is 0 Å². The number of carbonyl (C=O) groups excluding carboxylic acids is 1.